The molecule has 2 aromatic rings. The number of benzene rings is 1. The summed E-state index contributed by atoms with van der Waals surface area (Å²) in [6.45, 7) is 8.74. The number of nitrogens with zero attached hydrogens (tertiary/aromatic N) is 1. The summed E-state index contributed by atoms with van der Waals surface area (Å²) in [6.07, 6.45) is 4.96. The minimum atomic E-state index is 0.119. The first-order valence-corrected chi connectivity index (χ1v) is 10.5. The van der Waals surface area contributed by atoms with Crippen molar-refractivity contribution in [2.24, 2.45) is 17.8 Å². The van der Waals surface area contributed by atoms with E-state index in [0.717, 1.165) is 33.1 Å². The van der Waals surface area contributed by atoms with Crippen molar-refractivity contribution in [3.8, 4) is 0 Å². The summed E-state index contributed by atoms with van der Waals surface area (Å²) in [5.74, 6) is 2.60. The lowest BCUT2D eigenvalue weighted by Crippen LogP contribution is -2.43. The lowest BCUT2D eigenvalue weighted by molar-refractivity contribution is 0.0905. The molecule has 2 bridgehead atoms. The van der Waals surface area contributed by atoms with Crippen molar-refractivity contribution in [1.29, 1.82) is 0 Å². The maximum absolute atomic E-state index is 13.4. The quantitative estimate of drug-likeness (QED) is 0.809. The van der Waals surface area contributed by atoms with Gasteiger partial charge in [-0.05, 0) is 67.9 Å². The van der Waals surface area contributed by atoms with Crippen molar-refractivity contribution in [2.75, 3.05) is 0 Å². The molecule has 5 unspecified atom stereocenters. The van der Waals surface area contributed by atoms with E-state index < -0.39 is 0 Å². The van der Waals surface area contributed by atoms with Crippen LogP contribution in [0, 0.1) is 24.7 Å². The van der Waals surface area contributed by atoms with E-state index in [-0.39, 0.29) is 5.91 Å². The third-order valence-electron chi connectivity index (χ3n) is 6.70. The van der Waals surface area contributed by atoms with E-state index in [1.807, 2.05) is 6.92 Å². The molecule has 2 aliphatic rings. The topological polar surface area (TPSA) is 42.0 Å². The van der Waals surface area contributed by atoms with Gasteiger partial charge in [0.1, 0.15) is 0 Å². The van der Waals surface area contributed by atoms with Crippen molar-refractivity contribution in [1.82, 2.24) is 10.3 Å². The van der Waals surface area contributed by atoms with E-state index in [4.69, 9.17) is 0 Å². The van der Waals surface area contributed by atoms with Gasteiger partial charge < -0.3 is 5.32 Å². The summed E-state index contributed by atoms with van der Waals surface area (Å²) in [7, 11) is 0. The van der Waals surface area contributed by atoms with Gasteiger partial charge in [-0.15, -0.1) is 11.3 Å². The van der Waals surface area contributed by atoms with Crippen LogP contribution < -0.4 is 5.32 Å². The highest BCUT2D eigenvalue weighted by Crippen LogP contribution is 2.48. The van der Waals surface area contributed by atoms with Gasteiger partial charge in [0.25, 0.3) is 5.91 Å². The van der Waals surface area contributed by atoms with Crippen LogP contribution in [0.3, 0.4) is 0 Å². The first-order chi connectivity index (χ1) is 12.0. The molecule has 134 valence electrons. The zero-order valence-electron chi connectivity index (χ0n) is 15.6. The smallest absolute Gasteiger partial charge is 0.253 e. The Balaban J connectivity index is 1.72. The molecular formula is C21H28N2OS. The van der Waals surface area contributed by atoms with E-state index in [9.17, 15) is 4.79 Å². The molecule has 0 aliphatic heterocycles. The SMILES string of the molecule is CCC(C)c1ccc2nc(C)sc2c1C(=O)NC1C2CCC(C2)C1C. The van der Waals surface area contributed by atoms with Crippen LogP contribution in [0.2, 0.25) is 0 Å². The second-order valence-electron chi connectivity index (χ2n) is 8.11. The van der Waals surface area contributed by atoms with Gasteiger partial charge >= 0.3 is 0 Å². The van der Waals surface area contributed by atoms with E-state index in [0.29, 0.717) is 23.8 Å². The molecule has 1 amide bonds. The van der Waals surface area contributed by atoms with Crippen LogP contribution in [-0.4, -0.2) is 16.9 Å². The number of amides is 1. The molecule has 3 nitrogen and oxygen atoms in total. The number of aromatic nitrogens is 1. The molecule has 0 radical (unpaired) electrons. The van der Waals surface area contributed by atoms with Gasteiger partial charge in [0.2, 0.25) is 0 Å². The maximum atomic E-state index is 13.4. The number of fused-ring (bicyclic) bond motifs is 3. The Kier molecular flexibility index (Phi) is 4.35. The highest BCUT2D eigenvalue weighted by Gasteiger charge is 2.46. The Hall–Kier alpha value is -1.42. The van der Waals surface area contributed by atoms with Crippen molar-refractivity contribution >= 4 is 27.5 Å². The van der Waals surface area contributed by atoms with Crippen LogP contribution >= 0.6 is 11.3 Å². The van der Waals surface area contributed by atoms with Crippen molar-refractivity contribution in [3.63, 3.8) is 0 Å². The number of hydrogen-bond acceptors (Lipinski definition) is 3. The van der Waals surface area contributed by atoms with E-state index in [2.05, 4.69) is 43.2 Å². The second-order valence-corrected chi connectivity index (χ2v) is 9.31. The average molecular weight is 357 g/mol. The van der Waals surface area contributed by atoms with Gasteiger partial charge in [0.05, 0.1) is 20.8 Å². The standard InChI is InChI=1S/C21H28N2OS/c1-5-11(2)16-8-9-17-20(25-13(4)22-17)18(16)21(24)23-19-12(3)14-6-7-15(19)10-14/h8-9,11-12,14-15,19H,5-7,10H2,1-4H3,(H,23,24). The third-order valence-corrected chi connectivity index (χ3v) is 7.70. The van der Waals surface area contributed by atoms with E-state index in [1.165, 1.54) is 24.8 Å². The normalized spacial score (nSPS) is 29.3. The van der Waals surface area contributed by atoms with Gasteiger partial charge in [-0.25, -0.2) is 4.98 Å². The van der Waals surface area contributed by atoms with Crippen LogP contribution in [0.5, 0.6) is 0 Å². The summed E-state index contributed by atoms with van der Waals surface area (Å²) in [5.41, 5.74) is 3.01. The fourth-order valence-electron chi connectivity index (χ4n) is 5.03. The van der Waals surface area contributed by atoms with Gasteiger partial charge in [-0.1, -0.05) is 26.8 Å². The lowest BCUT2D eigenvalue weighted by atomic mass is 9.85. The number of hydrogen-bond donors (Lipinski definition) is 1. The molecule has 1 aromatic carbocycles. The van der Waals surface area contributed by atoms with Gasteiger partial charge in [-0.3, -0.25) is 4.79 Å². The molecule has 5 atom stereocenters. The Morgan fingerprint density at radius 3 is 2.80 bits per heavy atom. The first-order valence-electron chi connectivity index (χ1n) is 9.70. The molecule has 25 heavy (non-hydrogen) atoms. The number of nitrogens with one attached hydrogen (secondary N) is 1. The molecule has 4 heteroatoms. The molecule has 2 aliphatic carbocycles. The first kappa shape index (κ1) is 17.0. The largest absolute Gasteiger partial charge is 0.349 e. The zero-order valence-corrected chi connectivity index (χ0v) is 16.5. The number of carbonyl (C=O) groups is 1. The Morgan fingerprint density at radius 1 is 1.36 bits per heavy atom. The number of aryl methyl sites for hydroxylation is 1. The minimum Gasteiger partial charge on any atom is -0.349 e. The van der Waals surface area contributed by atoms with Crippen LogP contribution in [-0.2, 0) is 0 Å². The summed E-state index contributed by atoms with van der Waals surface area (Å²) < 4.78 is 1.06. The lowest BCUT2D eigenvalue weighted by Gasteiger charge is -2.29. The van der Waals surface area contributed by atoms with Crippen molar-refractivity contribution in [2.45, 2.75) is 65.3 Å². The molecule has 1 N–H and O–H groups in total. The fraction of sp³-hybridized carbons (Fsp3) is 0.619. The van der Waals surface area contributed by atoms with Gasteiger partial charge in [0.15, 0.2) is 0 Å². The number of carbonyl (C=O) groups excluding carboxylic acids is 1. The summed E-state index contributed by atoms with van der Waals surface area (Å²) >= 11 is 1.65. The van der Waals surface area contributed by atoms with Crippen LogP contribution in [0.25, 0.3) is 10.2 Å². The van der Waals surface area contributed by atoms with Crippen molar-refractivity contribution < 1.29 is 4.79 Å². The van der Waals surface area contributed by atoms with Gasteiger partial charge in [0, 0.05) is 6.04 Å². The zero-order chi connectivity index (χ0) is 17.7. The van der Waals surface area contributed by atoms with Crippen LogP contribution in [0.1, 0.15) is 73.3 Å². The maximum Gasteiger partial charge on any atom is 0.253 e. The predicted octanol–water partition coefficient (Wildman–Crippen LogP) is 5.28. The average Bonchev–Trinajstić information content (AvgIpc) is 3.28. The Labute approximate surface area is 154 Å². The van der Waals surface area contributed by atoms with Crippen molar-refractivity contribution in [3.05, 3.63) is 28.3 Å². The summed E-state index contributed by atoms with van der Waals surface area (Å²) in [4.78, 5) is 18.0. The van der Waals surface area contributed by atoms with Crippen LogP contribution in [0.15, 0.2) is 12.1 Å². The van der Waals surface area contributed by atoms with Gasteiger partial charge in [-0.2, -0.15) is 0 Å². The summed E-state index contributed by atoms with van der Waals surface area (Å²) in [5, 5.41) is 4.46. The molecule has 2 saturated carbocycles. The molecule has 0 spiro atoms. The molecule has 0 saturated heterocycles. The highest BCUT2D eigenvalue weighted by molar-refractivity contribution is 7.19. The molecule has 1 heterocycles. The Bertz CT molecular complexity index is 810. The van der Waals surface area contributed by atoms with E-state index >= 15 is 0 Å². The number of thiazole rings is 1. The second kappa shape index (κ2) is 6.39. The molecule has 2 fully saturated rings. The Morgan fingerprint density at radius 2 is 2.12 bits per heavy atom. The predicted molar refractivity (Wildman–Crippen MR) is 104 cm³/mol. The van der Waals surface area contributed by atoms with Crippen LogP contribution in [0.4, 0.5) is 0 Å². The minimum absolute atomic E-state index is 0.119. The molecule has 4 rings (SSSR count). The fourth-order valence-corrected chi connectivity index (χ4v) is 6.01. The molecule has 1 aromatic heterocycles. The highest BCUT2D eigenvalue weighted by atomic mass is 32.1. The molecular weight excluding hydrogens is 328 g/mol. The third kappa shape index (κ3) is 2.79. The van der Waals surface area contributed by atoms with E-state index in [1.54, 1.807) is 11.3 Å². The number of rotatable bonds is 4. The monoisotopic (exact) mass is 356 g/mol. The summed E-state index contributed by atoms with van der Waals surface area (Å²) in [6, 6.07) is 4.55.